The summed E-state index contributed by atoms with van der Waals surface area (Å²) in [6, 6.07) is 2.31. The molecular weight excluding hydrogens is 202 g/mol. The minimum atomic E-state index is 0.247. The third-order valence-corrected chi connectivity index (χ3v) is 2.63. The van der Waals surface area contributed by atoms with E-state index in [0.29, 0.717) is 6.54 Å². The van der Waals surface area contributed by atoms with Crippen molar-refractivity contribution >= 4 is 16.7 Å². The maximum absolute atomic E-state index is 5.57. The summed E-state index contributed by atoms with van der Waals surface area (Å²) >= 11 is 0. The van der Waals surface area contributed by atoms with Crippen LogP contribution >= 0.6 is 0 Å². The molecule has 5 heteroatoms. The zero-order valence-electron chi connectivity index (χ0n) is 9.86. The number of rotatable bonds is 3. The van der Waals surface area contributed by atoms with E-state index in [4.69, 9.17) is 5.73 Å². The van der Waals surface area contributed by atoms with Crippen LogP contribution in [0.4, 0.5) is 5.69 Å². The van der Waals surface area contributed by atoms with Crippen molar-refractivity contribution in [1.29, 1.82) is 0 Å². The van der Waals surface area contributed by atoms with Gasteiger partial charge in [-0.25, -0.2) is 4.98 Å². The van der Waals surface area contributed by atoms with Crippen LogP contribution in [0, 0.1) is 6.92 Å². The summed E-state index contributed by atoms with van der Waals surface area (Å²) in [6.07, 6.45) is 1.82. The van der Waals surface area contributed by atoms with Crippen LogP contribution in [0.1, 0.15) is 12.6 Å². The Balaban J connectivity index is 2.40. The van der Waals surface area contributed by atoms with E-state index in [1.807, 2.05) is 27.1 Å². The van der Waals surface area contributed by atoms with Crippen molar-refractivity contribution in [3.05, 3.63) is 18.0 Å². The van der Waals surface area contributed by atoms with Gasteiger partial charge in [-0.1, -0.05) is 0 Å². The molecule has 5 nitrogen and oxygen atoms in total. The van der Waals surface area contributed by atoms with Crippen molar-refractivity contribution in [3.63, 3.8) is 0 Å². The van der Waals surface area contributed by atoms with Gasteiger partial charge in [0.1, 0.15) is 0 Å². The SMILES string of the molecule is Cc1nn(C)c2ncc(NC(C)CN)cc12. The number of hydrogen-bond donors (Lipinski definition) is 2. The van der Waals surface area contributed by atoms with Gasteiger partial charge in [0.05, 0.1) is 17.6 Å². The number of nitrogens with two attached hydrogens (primary N) is 1. The Bertz CT molecular complexity index is 502. The molecule has 0 fully saturated rings. The molecular formula is C11H17N5. The van der Waals surface area contributed by atoms with E-state index in [-0.39, 0.29) is 6.04 Å². The smallest absolute Gasteiger partial charge is 0.157 e. The van der Waals surface area contributed by atoms with Crippen molar-refractivity contribution in [2.75, 3.05) is 11.9 Å². The molecule has 0 aliphatic rings. The Morgan fingerprint density at radius 2 is 2.31 bits per heavy atom. The molecule has 0 bridgehead atoms. The van der Waals surface area contributed by atoms with Crippen molar-refractivity contribution in [2.45, 2.75) is 19.9 Å². The molecule has 0 saturated carbocycles. The van der Waals surface area contributed by atoms with Gasteiger partial charge in [-0.2, -0.15) is 5.10 Å². The zero-order valence-corrected chi connectivity index (χ0v) is 9.86. The van der Waals surface area contributed by atoms with Crippen molar-refractivity contribution in [3.8, 4) is 0 Å². The van der Waals surface area contributed by atoms with Gasteiger partial charge in [-0.15, -0.1) is 0 Å². The van der Waals surface area contributed by atoms with Crippen LogP contribution in [-0.4, -0.2) is 27.4 Å². The van der Waals surface area contributed by atoms with Crippen LogP contribution in [0.25, 0.3) is 11.0 Å². The lowest BCUT2D eigenvalue weighted by Crippen LogP contribution is -2.25. The summed E-state index contributed by atoms with van der Waals surface area (Å²) in [5.74, 6) is 0. The third-order valence-electron chi connectivity index (χ3n) is 2.63. The standard InChI is InChI=1S/C11H17N5/c1-7(5-12)14-9-4-10-8(2)15-16(3)11(10)13-6-9/h4,6-7,14H,5,12H2,1-3H3. The molecule has 0 aliphatic carbocycles. The first kappa shape index (κ1) is 10.9. The third kappa shape index (κ3) is 1.86. The van der Waals surface area contributed by atoms with Crippen LogP contribution in [0.2, 0.25) is 0 Å². The van der Waals surface area contributed by atoms with Crippen molar-refractivity contribution in [2.24, 2.45) is 12.8 Å². The highest BCUT2D eigenvalue weighted by atomic mass is 15.3. The Hall–Kier alpha value is -1.62. The summed E-state index contributed by atoms with van der Waals surface area (Å²) in [4.78, 5) is 4.39. The van der Waals surface area contributed by atoms with Crippen LogP contribution in [0.5, 0.6) is 0 Å². The number of fused-ring (bicyclic) bond motifs is 1. The van der Waals surface area contributed by atoms with Gasteiger partial charge >= 0.3 is 0 Å². The molecule has 16 heavy (non-hydrogen) atoms. The zero-order chi connectivity index (χ0) is 11.7. The number of nitrogens with zero attached hydrogens (tertiary/aromatic N) is 3. The molecule has 3 N–H and O–H groups in total. The summed E-state index contributed by atoms with van der Waals surface area (Å²) in [7, 11) is 1.90. The van der Waals surface area contributed by atoms with Gasteiger partial charge in [0, 0.05) is 25.0 Å². The van der Waals surface area contributed by atoms with E-state index < -0.39 is 0 Å². The van der Waals surface area contributed by atoms with Crippen molar-refractivity contribution < 1.29 is 0 Å². The highest BCUT2D eigenvalue weighted by molar-refractivity contribution is 5.81. The molecule has 2 aromatic heterocycles. The molecule has 86 valence electrons. The Labute approximate surface area is 94.7 Å². The highest BCUT2D eigenvalue weighted by Crippen LogP contribution is 2.19. The summed E-state index contributed by atoms with van der Waals surface area (Å²) in [5.41, 5.74) is 8.46. The molecule has 1 unspecified atom stereocenters. The summed E-state index contributed by atoms with van der Waals surface area (Å²) in [5, 5.41) is 8.71. The van der Waals surface area contributed by atoms with Gasteiger partial charge in [-0.05, 0) is 19.9 Å². The molecule has 0 spiro atoms. The first-order valence-electron chi connectivity index (χ1n) is 5.37. The molecule has 0 aliphatic heterocycles. The monoisotopic (exact) mass is 219 g/mol. The lowest BCUT2D eigenvalue weighted by Gasteiger charge is -2.12. The molecule has 0 radical (unpaired) electrons. The first-order chi connectivity index (χ1) is 7.61. The highest BCUT2D eigenvalue weighted by Gasteiger charge is 2.07. The van der Waals surface area contributed by atoms with Gasteiger partial charge in [0.2, 0.25) is 0 Å². The van der Waals surface area contributed by atoms with Gasteiger partial charge in [0.15, 0.2) is 5.65 Å². The quantitative estimate of drug-likeness (QED) is 0.809. The summed E-state index contributed by atoms with van der Waals surface area (Å²) < 4.78 is 1.79. The average molecular weight is 219 g/mol. The molecule has 2 aromatic rings. The minimum absolute atomic E-state index is 0.247. The fourth-order valence-electron chi connectivity index (χ4n) is 1.73. The fourth-order valence-corrected chi connectivity index (χ4v) is 1.73. The molecule has 2 rings (SSSR count). The topological polar surface area (TPSA) is 68.8 Å². The van der Waals surface area contributed by atoms with E-state index in [1.54, 1.807) is 4.68 Å². The van der Waals surface area contributed by atoms with Crippen LogP contribution < -0.4 is 11.1 Å². The van der Waals surface area contributed by atoms with Crippen molar-refractivity contribution in [1.82, 2.24) is 14.8 Å². The molecule has 2 heterocycles. The van der Waals surface area contributed by atoms with E-state index in [1.165, 1.54) is 0 Å². The number of pyridine rings is 1. The molecule has 1 atom stereocenters. The number of anilines is 1. The van der Waals surface area contributed by atoms with Crippen LogP contribution in [0.15, 0.2) is 12.3 Å². The number of aryl methyl sites for hydroxylation is 2. The largest absolute Gasteiger partial charge is 0.380 e. The average Bonchev–Trinajstić information content (AvgIpc) is 2.54. The second-order valence-corrected chi connectivity index (χ2v) is 4.09. The molecule has 0 aromatic carbocycles. The Morgan fingerprint density at radius 1 is 1.56 bits per heavy atom. The van der Waals surface area contributed by atoms with E-state index >= 15 is 0 Å². The van der Waals surface area contributed by atoms with E-state index in [9.17, 15) is 0 Å². The Kier molecular flexibility index (Phi) is 2.78. The molecule has 0 amide bonds. The van der Waals surface area contributed by atoms with Gasteiger partial charge < -0.3 is 11.1 Å². The number of hydrogen-bond acceptors (Lipinski definition) is 4. The normalized spacial score (nSPS) is 13.0. The van der Waals surface area contributed by atoms with Gasteiger partial charge in [-0.3, -0.25) is 4.68 Å². The predicted octanol–water partition coefficient (Wildman–Crippen LogP) is 1.04. The van der Waals surface area contributed by atoms with Crippen LogP contribution in [-0.2, 0) is 7.05 Å². The number of aromatic nitrogens is 3. The predicted molar refractivity (Wildman–Crippen MR) is 65.4 cm³/mol. The second kappa shape index (κ2) is 4.09. The van der Waals surface area contributed by atoms with Crippen LogP contribution in [0.3, 0.4) is 0 Å². The second-order valence-electron chi connectivity index (χ2n) is 4.09. The fraction of sp³-hybridized carbons (Fsp3) is 0.455. The molecule has 0 saturated heterocycles. The number of nitrogens with one attached hydrogen (secondary N) is 1. The maximum Gasteiger partial charge on any atom is 0.157 e. The lowest BCUT2D eigenvalue weighted by molar-refractivity contribution is 0.773. The van der Waals surface area contributed by atoms with E-state index in [2.05, 4.69) is 21.5 Å². The summed E-state index contributed by atoms with van der Waals surface area (Å²) in [6.45, 7) is 4.63. The van der Waals surface area contributed by atoms with Gasteiger partial charge in [0.25, 0.3) is 0 Å². The van der Waals surface area contributed by atoms with E-state index in [0.717, 1.165) is 22.4 Å². The minimum Gasteiger partial charge on any atom is -0.380 e. The lowest BCUT2D eigenvalue weighted by atomic mass is 10.2. The first-order valence-corrected chi connectivity index (χ1v) is 5.37. The maximum atomic E-state index is 5.57. The Morgan fingerprint density at radius 3 is 3.00 bits per heavy atom.